The van der Waals surface area contributed by atoms with Gasteiger partial charge in [0.2, 0.25) is 0 Å². The van der Waals surface area contributed by atoms with Gasteiger partial charge in [0.15, 0.2) is 6.10 Å². The molecule has 0 radical (unpaired) electrons. The summed E-state index contributed by atoms with van der Waals surface area (Å²) in [6, 6.07) is 18.8. The van der Waals surface area contributed by atoms with Crippen LogP contribution < -0.4 is 0 Å². The van der Waals surface area contributed by atoms with Crippen molar-refractivity contribution in [3.63, 3.8) is 0 Å². The zero-order valence-corrected chi connectivity index (χ0v) is 20.3. The van der Waals surface area contributed by atoms with Crippen LogP contribution in [-0.2, 0) is 26.4 Å². The third-order valence-electron chi connectivity index (χ3n) is 6.18. The van der Waals surface area contributed by atoms with Gasteiger partial charge in [-0.2, -0.15) is 8.42 Å². The van der Waals surface area contributed by atoms with Crippen molar-refractivity contribution < 1.29 is 26.2 Å². The summed E-state index contributed by atoms with van der Waals surface area (Å²) in [5, 5.41) is 0.292. The Morgan fingerprint density at radius 1 is 1.03 bits per heavy atom. The van der Waals surface area contributed by atoms with Gasteiger partial charge in [0, 0.05) is 18.1 Å². The molecule has 0 aliphatic carbocycles. The van der Waals surface area contributed by atoms with Gasteiger partial charge in [0.05, 0.1) is 11.5 Å². The minimum Gasteiger partial charge on any atom is -0.359 e. The Kier molecular flexibility index (Phi) is 7.84. The van der Waals surface area contributed by atoms with Crippen LogP contribution in [0.2, 0.25) is 5.02 Å². The molecule has 0 spiro atoms. The largest absolute Gasteiger partial charge is 0.359 e. The third-order valence-corrected chi connectivity index (χ3v) is 7.38. The lowest BCUT2D eigenvalue weighted by Crippen LogP contribution is -2.41. The van der Waals surface area contributed by atoms with Crippen molar-refractivity contribution >= 4 is 27.7 Å². The molecule has 0 saturated carbocycles. The van der Waals surface area contributed by atoms with Crippen LogP contribution in [-0.4, -0.2) is 32.3 Å². The first-order valence-electron chi connectivity index (χ1n) is 11.2. The Hall–Kier alpha value is -2.81. The van der Waals surface area contributed by atoms with Crippen LogP contribution in [0.1, 0.15) is 41.6 Å². The quantitative estimate of drug-likeness (QED) is 0.370. The molecule has 3 aromatic carbocycles. The van der Waals surface area contributed by atoms with E-state index >= 15 is 0 Å². The number of likely N-dealkylation sites (tertiary alicyclic amines) is 1. The number of rotatable bonds is 7. The van der Waals surface area contributed by atoms with Crippen molar-refractivity contribution in [2.45, 2.75) is 36.4 Å². The number of hydrogen-bond acceptors (Lipinski definition) is 4. The highest BCUT2D eigenvalue weighted by atomic mass is 35.5. The topological polar surface area (TPSA) is 63.7 Å². The van der Waals surface area contributed by atoms with E-state index in [-0.39, 0.29) is 12.5 Å². The van der Waals surface area contributed by atoms with Gasteiger partial charge in [-0.15, -0.1) is 3.89 Å². The molecule has 1 amide bonds. The summed E-state index contributed by atoms with van der Waals surface area (Å²) < 4.78 is 55.4. The lowest BCUT2D eigenvalue weighted by molar-refractivity contribution is -0.146. The number of halogens is 3. The molecule has 1 atom stereocenters. The average molecular weight is 520 g/mol. The number of carbonyl (C=O) groups excluding carboxylic acids is 1. The Labute approximate surface area is 208 Å². The van der Waals surface area contributed by atoms with Gasteiger partial charge >= 0.3 is 10.2 Å². The first kappa shape index (κ1) is 25.3. The highest BCUT2D eigenvalue weighted by Crippen LogP contribution is 2.31. The van der Waals surface area contributed by atoms with Gasteiger partial charge in [0.1, 0.15) is 5.82 Å². The van der Waals surface area contributed by atoms with E-state index in [0.717, 1.165) is 25.0 Å². The number of benzene rings is 3. The summed E-state index contributed by atoms with van der Waals surface area (Å²) in [7, 11) is -4.88. The maximum absolute atomic E-state index is 13.7. The van der Waals surface area contributed by atoms with Crippen LogP contribution in [0.25, 0.3) is 0 Å². The molecular formula is C26H24ClF2NO4S. The van der Waals surface area contributed by atoms with Crippen LogP contribution in [0.15, 0.2) is 77.7 Å². The first-order chi connectivity index (χ1) is 16.7. The maximum Gasteiger partial charge on any atom is 0.332 e. The summed E-state index contributed by atoms with van der Waals surface area (Å²) in [5.74, 6) is -0.448. The second-order valence-corrected chi connectivity index (χ2v) is 10.2. The molecule has 1 heterocycles. The normalized spacial score (nSPS) is 15.7. The molecule has 0 N–H and O–H groups in total. The maximum atomic E-state index is 13.7. The van der Waals surface area contributed by atoms with E-state index in [2.05, 4.69) is 12.1 Å². The van der Waals surface area contributed by atoms with E-state index in [1.54, 1.807) is 4.90 Å². The molecule has 1 aliphatic heterocycles. The highest BCUT2D eigenvalue weighted by Gasteiger charge is 2.31. The number of carbonyl (C=O) groups is 1. The van der Waals surface area contributed by atoms with E-state index in [9.17, 15) is 21.5 Å². The summed E-state index contributed by atoms with van der Waals surface area (Å²) in [6.45, 7) is 0.905. The monoisotopic (exact) mass is 519 g/mol. The number of nitrogens with zero attached hydrogens (tertiary/aromatic N) is 1. The summed E-state index contributed by atoms with van der Waals surface area (Å²) in [4.78, 5) is 14.7. The fourth-order valence-electron chi connectivity index (χ4n) is 4.27. The van der Waals surface area contributed by atoms with Crippen molar-refractivity contribution in [2.24, 2.45) is 0 Å². The van der Waals surface area contributed by atoms with Gasteiger partial charge in [-0.25, -0.2) is 4.39 Å². The Balaban J connectivity index is 1.53. The van der Waals surface area contributed by atoms with Gasteiger partial charge in [-0.1, -0.05) is 54.1 Å². The second kappa shape index (κ2) is 10.8. The minimum atomic E-state index is -4.88. The molecule has 9 heteroatoms. The molecule has 184 valence electrons. The predicted octanol–water partition coefficient (Wildman–Crippen LogP) is 5.80. The molecule has 1 aliphatic rings. The molecule has 0 aromatic heterocycles. The van der Waals surface area contributed by atoms with Gasteiger partial charge < -0.3 is 9.64 Å². The number of piperidine rings is 1. The van der Waals surface area contributed by atoms with Gasteiger partial charge in [0.25, 0.3) is 5.91 Å². The Morgan fingerprint density at radius 2 is 1.69 bits per heavy atom. The van der Waals surface area contributed by atoms with Crippen molar-refractivity contribution in [1.29, 1.82) is 0 Å². The second-order valence-electron chi connectivity index (χ2n) is 8.44. The zero-order chi connectivity index (χ0) is 25.0. The summed E-state index contributed by atoms with van der Waals surface area (Å²) in [5.41, 5.74) is 1.96. The SMILES string of the molecule is O=C(C(OCc1cc(F)ccc1Cl)c1ccc(S(=O)(=O)F)cc1)N1CCC(c2ccccc2)CC1. The standard InChI is InChI=1S/C26H24ClF2NO4S/c27-24-11-8-22(28)16-21(24)17-34-25(20-6-9-23(10-7-20)35(29,32)33)26(31)30-14-12-19(13-15-30)18-4-2-1-3-5-18/h1-11,16,19,25H,12-15,17H2. The molecule has 1 fully saturated rings. The van der Waals surface area contributed by atoms with Crippen LogP contribution in [0.3, 0.4) is 0 Å². The third kappa shape index (κ3) is 6.25. The lowest BCUT2D eigenvalue weighted by Gasteiger charge is -2.34. The molecule has 1 unspecified atom stereocenters. The van der Waals surface area contributed by atoms with E-state index in [4.69, 9.17) is 16.3 Å². The molecule has 35 heavy (non-hydrogen) atoms. The summed E-state index contributed by atoms with van der Waals surface area (Å²) >= 11 is 6.15. The van der Waals surface area contributed by atoms with Crippen molar-refractivity contribution in [2.75, 3.05) is 13.1 Å². The highest BCUT2D eigenvalue weighted by molar-refractivity contribution is 7.86. The number of amides is 1. The van der Waals surface area contributed by atoms with Crippen molar-refractivity contribution in [3.05, 3.63) is 100 Å². The van der Waals surface area contributed by atoms with E-state index in [1.807, 2.05) is 18.2 Å². The molecular weight excluding hydrogens is 496 g/mol. The Bertz CT molecular complexity index is 1280. The molecule has 3 aromatic rings. The molecule has 5 nitrogen and oxygen atoms in total. The van der Waals surface area contributed by atoms with E-state index in [1.165, 1.54) is 35.9 Å². The number of ether oxygens (including phenoxy) is 1. The van der Waals surface area contributed by atoms with E-state index < -0.39 is 27.0 Å². The fourth-order valence-corrected chi connectivity index (χ4v) is 4.90. The van der Waals surface area contributed by atoms with Crippen LogP contribution in [0.5, 0.6) is 0 Å². The predicted molar refractivity (Wildman–Crippen MR) is 129 cm³/mol. The number of hydrogen-bond donors (Lipinski definition) is 0. The fraction of sp³-hybridized carbons (Fsp3) is 0.269. The summed E-state index contributed by atoms with van der Waals surface area (Å²) in [6.07, 6.45) is 0.480. The molecule has 0 bridgehead atoms. The average Bonchev–Trinajstić information content (AvgIpc) is 2.86. The van der Waals surface area contributed by atoms with Crippen molar-refractivity contribution in [1.82, 2.24) is 4.90 Å². The van der Waals surface area contributed by atoms with Crippen molar-refractivity contribution in [3.8, 4) is 0 Å². The first-order valence-corrected chi connectivity index (χ1v) is 12.9. The van der Waals surface area contributed by atoms with Gasteiger partial charge in [-0.3, -0.25) is 4.79 Å². The molecule has 1 saturated heterocycles. The van der Waals surface area contributed by atoms with Crippen LogP contribution in [0, 0.1) is 5.82 Å². The minimum absolute atomic E-state index is 0.142. The van der Waals surface area contributed by atoms with E-state index in [0.29, 0.717) is 35.2 Å². The smallest absolute Gasteiger partial charge is 0.332 e. The lowest BCUT2D eigenvalue weighted by atomic mass is 9.89. The van der Waals surface area contributed by atoms with Crippen LogP contribution >= 0.6 is 11.6 Å². The van der Waals surface area contributed by atoms with Crippen LogP contribution in [0.4, 0.5) is 8.28 Å². The molecule has 4 rings (SSSR count). The Morgan fingerprint density at radius 3 is 2.31 bits per heavy atom. The zero-order valence-electron chi connectivity index (χ0n) is 18.7. The van der Waals surface area contributed by atoms with Gasteiger partial charge in [-0.05, 0) is 65.8 Å².